The molecule has 3 aromatic carbocycles. The largest absolute Gasteiger partial charge is 0.494 e. The van der Waals surface area contributed by atoms with Gasteiger partial charge in [-0.1, -0.05) is 12.1 Å². The van der Waals surface area contributed by atoms with Gasteiger partial charge in [0, 0.05) is 5.56 Å². The van der Waals surface area contributed by atoms with E-state index in [9.17, 15) is 18.0 Å². The third kappa shape index (κ3) is 6.63. The number of benzene rings is 3. The van der Waals surface area contributed by atoms with E-state index in [1.165, 1.54) is 23.5 Å². The number of carboxylic acids is 1. The number of hydrogen-bond acceptors (Lipinski definition) is 6. The molecule has 0 amide bonds. The van der Waals surface area contributed by atoms with Crippen LogP contribution in [0.4, 0.5) is 13.2 Å². The fourth-order valence-corrected chi connectivity index (χ4v) is 4.67. The maximum atomic E-state index is 13.1. The molecule has 0 radical (unpaired) electrons. The lowest BCUT2D eigenvalue weighted by Gasteiger charge is -2.09. The number of ether oxygens (including phenoxy) is 3. The molecular formula is C28H24F3NO5S. The van der Waals surface area contributed by atoms with Crippen molar-refractivity contribution < 1.29 is 37.3 Å². The standard InChI is InChI=1S/C28H24F3NO5S/c1-3-35-21-10-6-18(7-11-21)26-27(19-4-8-20(9-5-19)28(29,30)31)38-24(32-26)15-36-22-12-13-23(17(2)14-22)37-16-25(33)34/h4-14H,3,15-16H2,1-2H3,(H,33,34). The van der Waals surface area contributed by atoms with E-state index in [1.807, 2.05) is 31.2 Å². The van der Waals surface area contributed by atoms with Crippen molar-refractivity contribution in [3.63, 3.8) is 0 Å². The summed E-state index contributed by atoms with van der Waals surface area (Å²) in [4.78, 5) is 16.2. The lowest BCUT2D eigenvalue weighted by atomic mass is 10.1. The number of thiazole rings is 1. The van der Waals surface area contributed by atoms with Crippen molar-refractivity contribution in [1.82, 2.24) is 4.98 Å². The van der Waals surface area contributed by atoms with Gasteiger partial charge in [0.15, 0.2) is 6.61 Å². The second-order valence-electron chi connectivity index (χ2n) is 8.22. The number of alkyl halides is 3. The number of carbonyl (C=O) groups is 1. The van der Waals surface area contributed by atoms with Gasteiger partial charge in [-0.15, -0.1) is 11.3 Å². The maximum absolute atomic E-state index is 13.1. The van der Waals surface area contributed by atoms with Crippen LogP contribution < -0.4 is 14.2 Å². The van der Waals surface area contributed by atoms with Gasteiger partial charge in [-0.2, -0.15) is 13.2 Å². The Hall–Kier alpha value is -4.05. The van der Waals surface area contributed by atoms with E-state index in [4.69, 9.17) is 24.3 Å². The highest BCUT2D eigenvalue weighted by molar-refractivity contribution is 7.15. The van der Waals surface area contributed by atoms with Crippen molar-refractivity contribution in [3.05, 3.63) is 82.9 Å². The first-order valence-corrected chi connectivity index (χ1v) is 12.4. The molecule has 1 heterocycles. The van der Waals surface area contributed by atoms with E-state index in [2.05, 4.69) is 0 Å². The predicted molar refractivity (Wildman–Crippen MR) is 138 cm³/mol. The first kappa shape index (κ1) is 27.0. The SMILES string of the molecule is CCOc1ccc(-c2nc(COc3ccc(OCC(=O)O)c(C)c3)sc2-c2ccc(C(F)(F)F)cc2)cc1. The number of aryl methyl sites for hydroxylation is 1. The first-order valence-electron chi connectivity index (χ1n) is 11.6. The zero-order valence-electron chi connectivity index (χ0n) is 20.5. The van der Waals surface area contributed by atoms with Crippen LogP contribution >= 0.6 is 11.3 Å². The summed E-state index contributed by atoms with van der Waals surface area (Å²) in [7, 11) is 0. The molecule has 0 saturated heterocycles. The fraction of sp³-hybridized carbons (Fsp3) is 0.214. The number of carboxylic acid groups (broad SMARTS) is 1. The molecule has 0 spiro atoms. The van der Waals surface area contributed by atoms with Crippen LogP contribution in [0.5, 0.6) is 17.2 Å². The fourth-order valence-electron chi connectivity index (χ4n) is 3.66. The minimum atomic E-state index is -4.42. The average Bonchev–Trinajstić information content (AvgIpc) is 3.31. The number of nitrogens with zero attached hydrogens (tertiary/aromatic N) is 1. The zero-order chi connectivity index (χ0) is 27.3. The minimum absolute atomic E-state index is 0.129. The summed E-state index contributed by atoms with van der Waals surface area (Å²) in [5.74, 6) is 0.619. The lowest BCUT2D eigenvalue weighted by molar-refractivity contribution is -0.139. The molecule has 0 saturated carbocycles. The summed E-state index contributed by atoms with van der Waals surface area (Å²) in [5.41, 5.74) is 2.03. The van der Waals surface area contributed by atoms with Crippen LogP contribution in [-0.2, 0) is 17.6 Å². The molecule has 0 bridgehead atoms. The summed E-state index contributed by atoms with van der Waals surface area (Å²) >= 11 is 1.33. The average molecular weight is 544 g/mol. The molecular weight excluding hydrogens is 519 g/mol. The Balaban J connectivity index is 1.60. The highest BCUT2D eigenvalue weighted by atomic mass is 32.1. The Bertz CT molecular complexity index is 1400. The topological polar surface area (TPSA) is 77.9 Å². The van der Waals surface area contributed by atoms with Crippen LogP contribution in [0.3, 0.4) is 0 Å². The van der Waals surface area contributed by atoms with Crippen molar-refractivity contribution in [3.8, 4) is 38.9 Å². The summed E-state index contributed by atoms with van der Waals surface area (Å²) < 4.78 is 55.9. The van der Waals surface area contributed by atoms with Gasteiger partial charge < -0.3 is 19.3 Å². The lowest BCUT2D eigenvalue weighted by Crippen LogP contribution is -2.10. The second-order valence-corrected chi connectivity index (χ2v) is 9.30. The molecule has 4 aromatic rings. The van der Waals surface area contributed by atoms with Crippen molar-refractivity contribution >= 4 is 17.3 Å². The van der Waals surface area contributed by atoms with Crippen molar-refractivity contribution in [1.29, 1.82) is 0 Å². The Morgan fingerprint density at radius 1 is 0.921 bits per heavy atom. The van der Waals surface area contributed by atoms with Crippen molar-refractivity contribution in [2.75, 3.05) is 13.2 Å². The van der Waals surface area contributed by atoms with Gasteiger partial charge in [0.2, 0.25) is 0 Å². The van der Waals surface area contributed by atoms with Crippen molar-refractivity contribution in [2.45, 2.75) is 26.6 Å². The molecule has 0 aliphatic heterocycles. The highest BCUT2D eigenvalue weighted by Gasteiger charge is 2.30. The van der Waals surface area contributed by atoms with Gasteiger partial charge in [0.05, 0.1) is 22.7 Å². The van der Waals surface area contributed by atoms with Crippen LogP contribution in [0.15, 0.2) is 66.7 Å². The molecule has 1 N–H and O–H groups in total. The minimum Gasteiger partial charge on any atom is -0.494 e. The maximum Gasteiger partial charge on any atom is 0.416 e. The molecule has 0 atom stereocenters. The third-order valence-corrected chi connectivity index (χ3v) is 6.52. The van der Waals surface area contributed by atoms with E-state index in [-0.39, 0.29) is 6.61 Å². The van der Waals surface area contributed by atoms with Gasteiger partial charge in [-0.25, -0.2) is 9.78 Å². The third-order valence-electron chi connectivity index (χ3n) is 5.44. The quantitative estimate of drug-likeness (QED) is 0.227. The van der Waals surface area contributed by atoms with E-state index >= 15 is 0 Å². The second kappa shape index (κ2) is 11.6. The molecule has 4 rings (SSSR count). The van der Waals surface area contributed by atoms with Crippen LogP contribution in [0.25, 0.3) is 21.7 Å². The smallest absolute Gasteiger partial charge is 0.416 e. The summed E-state index contributed by atoms with van der Waals surface area (Å²) in [6, 6.07) is 17.4. The van der Waals surface area contributed by atoms with Crippen LogP contribution in [-0.4, -0.2) is 29.3 Å². The van der Waals surface area contributed by atoms with Crippen LogP contribution in [0.1, 0.15) is 23.1 Å². The Labute approximate surface area is 221 Å². The summed E-state index contributed by atoms with van der Waals surface area (Å²) in [5, 5.41) is 9.43. The van der Waals surface area contributed by atoms with Gasteiger partial charge in [0.1, 0.15) is 28.9 Å². The Kier molecular flexibility index (Phi) is 8.21. The van der Waals surface area contributed by atoms with E-state index in [1.54, 1.807) is 25.1 Å². The molecule has 0 unspecified atom stereocenters. The molecule has 0 aliphatic rings. The highest BCUT2D eigenvalue weighted by Crippen LogP contribution is 2.39. The Morgan fingerprint density at radius 2 is 1.58 bits per heavy atom. The number of aliphatic carboxylic acids is 1. The Morgan fingerprint density at radius 3 is 2.18 bits per heavy atom. The summed E-state index contributed by atoms with van der Waals surface area (Å²) in [6.07, 6.45) is -4.42. The molecule has 38 heavy (non-hydrogen) atoms. The monoisotopic (exact) mass is 543 g/mol. The van der Waals surface area contributed by atoms with Gasteiger partial charge >= 0.3 is 12.1 Å². The number of halogens is 3. The van der Waals surface area contributed by atoms with Gasteiger partial charge in [-0.05, 0) is 79.6 Å². The number of aromatic nitrogens is 1. The first-order chi connectivity index (χ1) is 18.1. The molecule has 10 heteroatoms. The van der Waals surface area contributed by atoms with Crippen LogP contribution in [0, 0.1) is 6.92 Å². The van der Waals surface area contributed by atoms with E-state index in [0.717, 1.165) is 22.6 Å². The molecule has 6 nitrogen and oxygen atoms in total. The number of hydrogen-bond donors (Lipinski definition) is 1. The van der Waals surface area contributed by atoms with E-state index < -0.39 is 24.3 Å². The molecule has 198 valence electrons. The number of rotatable bonds is 10. The normalized spacial score (nSPS) is 11.3. The van der Waals surface area contributed by atoms with Crippen LogP contribution in [0.2, 0.25) is 0 Å². The van der Waals surface area contributed by atoms with Crippen molar-refractivity contribution in [2.24, 2.45) is 0 Å². The van der Waals surface area contributed by atoms with Gasteiger partial charge in [-0.3, -0.25) is 0 Å². The zero-order valence-corrected chi connectivity index (χ0v) is 21.4. The predicted octanol–water partition coefficient (Wildman–Crippen LogP) is 7.25. The molecule has 1 aromatic heterocycles. The molecule has 0 fully saturated rings. The van der Waals surface area contributed by atoms with Gasteiger partial charge in [0.25, 0.3) is 0 Å². The summed E-state index contributed by atoms with van der Waals surface area (Å²) in [6.45, 7) is 3.88. The van der Waals surface area contributed by atoms with E-state index in [0.29, 0.717) is 45.7 Å². The molecule has 0 aliphatic carbocycles.